The molecule has 5 atom stereocenters. The van der Waals surface area contributed by atoms with E-state index >= 15 is 0 Å². The summed E-state index contributed by atoms with van der Waals surface area (Å²) in [6.45, 7) is 7.48. The van der Waals surface area contributed by atoms with Crippen LogP contribution in [0.3, 0.4) is 0 Å². The van der Waals surface area contributed by atoms with Crippen LogP contribution < -0.4 is 0 Å². The normalized spacial score (nSPS) is 45.2. The first-order valence-electron chi connectivity index (χ1n) is 4.95. The SMILES string of the molecule is CC1O[C@@H](C(C)(C)C)C(O)[C@@H](O)[C@H]1O. The smallest absolute Gasteiger partial charge is 0.111 e. The fourth-order valence-electron chi connectivity index (χ4n) is 1.77. The molecular formula is C10H20O4. The van der Waals surface area contributed by atoms with Gasteiger partial charge < -0.3 is 20.1 Å². The third-order valence-corrected chi connectivity index (χ3v) is 2.71. The van der Waals surface area contributed by atoms with Crippen molar-refractivity contribution in [2.24, 2.45) is 5.41 Å². The highest BCUT2D eigenvalue weighted by Crippen LogP contribution is 2.32. The van der Waals surface area contributed by atoms with Crippen molar-refractivity contribution in [1.29, 1.82) is 0 Å². The van der Waals surface area contributed by atoms with E-state index in [4.69, 9.17) is 4.74 Å². The molecule has 2 unspecified atom stereocenters. The molecule has 4 heteroatoms. The number of ether oxygens (including phenoxy) is 1. The zero-order chi connectivity index (χ0) is 11.1. The van der Waals surface area contributed by atoms with Crippen LogP contribution in [0.1, 0.15) is 27.7 Å². The summed E-state index contributed by atoms with van der Waals surface area (Å²) >= 11 is 0. The predicted octanol–water partition coefficient (Wildman–Crippen LogP) is -0.0975. The molecule has 0 amide bonds. The Morgan fingerprint density at radius 1 is 0.929 bits per heavy atom. The molecule has 1 fully saturated rings. The lowest BCUT2D eigenvalue weighted by molar-refractivity contribution is -0.239. The molecule has 4 nitrogen and oxygen atoms in total. The van der Waals surface area contributed by atoms with E-state index < -0.39 is 30.5 Å². The van der Waals surface area contributed by atoms with Crippen LogP contribution in [0.2, 0.25) is 0 Å². The first-order valence-corrected chi connectivity index (χ1v) is 4.95. The summed E-state index contributed by atoms with van der Waals surface area (Å²) in [5, 5.41) is 28.8. The molecule has 3 N–H and O–H groups in total. The number of hydrogen-bond acceptors (Lipinski definition) is 4. The second kappa shape index (κ2) is 3.77. The van der Waals surface area contributed by atoms with Crippen molar-refractivity contribution >= 4 is 0 Å². The number of aliphatic hydroxyl groups is 3. The second-order valence-electron chi connectivity index (χ2n) is 5.10. The van der Waals surface area contributed by atoms with Crippen LogP contribution in [-0.2, 0) is 4.74 Å². The summed E-state index contributed by atoms with van der Waals surface area (Å²) in [4.78, 5) is 0. The van der Waals surface area contributed by atoms with Crippen molar-refractivity contribution in [3.63, 3.8) is 0 Å². The van der Waals surface area contributed by atoms with Gasteiger partial charge in [-0.05, 0) is 12.3 Å². The second-order valence-corrected chi connectivity index (χ2v) is 5.10. The van der Waals surface area contributed by atoms with E-state index in [0.29, 0.717) is 0 Å². The summed E-state index contributed by atoms with van der Waals surface area (Å²) in [6.07, 6.45) is -4.05. The molecule has 1 saturated heterocycles. The minimum absolute atomic E-state index is 0.255. The van der Waals surface area contributed by atoms with Crippen LogP contribution >= 0.6 is 0 Å². The van der Waals surface area contributed by atoms with Crippen LogP contribution in [0.4, 0.5) is 0 Å². The molecule has 0 bridgehead atoms. The van der Waals surface area contributed by atoms with Gasteiger partial charge in [0, 0.05) is 0 Å². The monoisotopic (exact) mass is 204 g/mol. The summed E-state index contributed by atoms with van der Waals surface area (Å²) in [6, 6.07) is 0. The van der Waals surface area contributed by atoms with Gasteiger partial charge in [-0.25, -0.2) is 0 Å². The Balaban J connectivity index is 2.81. The van der Waals surface area contributed by atoms with Crippen LogP contribution in [0.5, 0.6) is 0 Å². The van der Waals surface area contributed by atoms with Crippen molar-refractivity contribution in [2.75, 3.05) is 0 Å². The maximum absolute atomic E-state index is 9.73. The Morgan fingerprint density at radius 3 is 1.86 bits per heavy atom. The highest BCUT2D eigenvalue weighted by atomic mass is 16.5. The molecule has 1 heterocycles. The van der Waals surface area contributed by atoms with Gasteiger partial charge in [0.1, 0.15) is 18.3 Å². The van der Waals surface area contributed by atoms with Crippen molar-refractivity contribution in [3.8, 4) is 0 Å². The summed E-state index contributed by atoms with van der Waals surface area (Å²) in [5.41, 5.74) is -0.255. The van der Waals surface area contributed by atoms with Crippen LogP contribution in [-0.4, -0.2) is 45.8 Å². The quantitative estimate of drug-likeness (QED) is 0.515. The van der Waals surface area contributed by atoms with Gasteiger partial charge in [0.15, 0.2) is 0 Å². The molecule has 84 valence electrons. The van der Waals surface area contributed by atoms with Gasteiger partial charge in [-0.2, -0.15) is 0 Å². The highest BCUT2D eigenvalue weighted by molar-refractivity contribution is 4.95. The van der Waals surface area contributed by atoms with Gasteiger partial charge >= 0.3 is 0 Å². The van der Waals surface area contributed by atoms with Crippen LogP contribution in [0, 0.1) is 5.41 Å². The van der Waals surface area contributed by atoms with Gasteiger partial charge in [0.05, 0.1) is 12.2 Å². The van der Waals surface area contributed by atoms with E-state index in [0.717, 1.165) is 0 Å². The first kappa shape index (κ1) is 11.9. The van der Waals surface area contributed by atoms with Crippen molar-refractivity contribution in [1.82, 2.24) is 0 Å². The number of rotatable bonds is 0. The van der Waals surface area contributed by atoms with Crippen molar-refractivity contribution < 1.29 is 20.1 Å². The fraction of sp³-hybridized carbons (Fsp3) is 1.00. The molecule has 1 rings (SSSR count). The van der Waals surface area contributed by atoms with Crippen LogP contribution in [0.15, 0.2) is 0 Å². The van der Waals surface area contributed by atoms with Crippen LogP contribution in [0.25, 0.3) is 0 Å². The zero-order valence-electron chi connectivity index (χ0n) is 9.14. The van der Waals surface area contributed by atoms with Crippen molar-refractivity contribution in [3.05, 3.63) is 0 Å². The molecule has 14 heavy (non-hydrogen) atoms. The lowest BCUT2D eigenvalue weighted by Gasteiger charge is -2.44. The average molecular weight is 204 g/mol. The topological polar surface area (TPSA) is 69.9 Å². The molecule has 0 saturated carbocycles. The van der Waals surface area contributed by atoms with Gasteiger partial charge in [-0.3, -0.25) is 0 Å². The Hall–Kier alpha value is -0.160. The lowest BCUT2D eigenvalue weighted by Crippen LogP contribution is -2.59. The predicted molar refractivity (Wildman–Crippen MR) is 51.8 cm³/mol. The zero-order valence-corrected chi connectivity index (χ0v) is 9.14. The standard InChI is InChI=1S/C10H20O4/c1-5-6(11)7(12)8(13)9(14-5)10(2,3)4/h5-9,11-13H,1-4H3/t5?,6-,7-,8?,9+/m0/s1. The molecule has 0 aromatic rings. The molecule has 1 aliphatic heterocycles. The van der Waals surface area contributed by atoms with E-state index in [1.165, 1.54) is 0 Å². The molecule has 0 spiro atoms. The molecule has 0 aromatic heterocycles. The lowest BCUT2D eigenvalue weighted by atomic mass is 9.80. The van der Waals surface area contributed by atoms with E-state index in [-0.39, 0.29) is 5.41 Å². The maximum atomic E-state index is 9.73. The average Bonchev–Trinajstić information content (AvgIpc) is 2.06. The van der Waals surface area contributed by atoms with Crippen molar-refractivity contribution in [2.45, 2.75) is 58.2 Å². The van der Waals surface area contributed by atoms with E-state index in [1.807, 2.05) is 20.8 Å². The fourth-order valence-corrected chi connectivity index (χ4v) is 1.77. The third-order valence-electron chi connectivity index (χ3n) is 2.71. The molecular weight excluding hydrogens is 184 g/mol. The first-order chi connectivity index (χ1) is 6.25. The Morgan fingerprint density at radius 2 is 1.43 bits per heavy atom. The molecule has 1 aliphatic rings. The minimum Gasteiger partial charge on any atom is -0.388 e. The Kier molecular flexibility index (Phi) is 3.21. The molecule has 0 aromatic carbocycles. The van der Waals surface area contributed by atoms with Gasteiger partial charge in [-0.1, -0.05) is 20.8 Å². The number of aliphatic hydroxyl groups excluding tert-OH is 3. The summed E-state index contributed by atoms with van der Waals surface area (Å²) in [7, 11) is 0. The molecule has 0 radical (unpaired) electrons. The van der Waals surface area contributed by atoms with E-state index in [2.05, 4.69) is 0 Å². The Bertz CT molecular complexity index is 199. The maximum Gasteiger partial charge on any atom is 0.111 e. The van der Waals surface area contributed by atoms with E-state index in [9.17, 15) is 15.3 Å². The molecule has 0 aliphatic carbocycles. The third kappa shape index (κ3) is 2.08. The summed E-state index contributed by atoms with van der Waals surface area (Å²) < 4.78 is 5.49. The number of hydrogen-bond donors (Lipinski definition) is 3. The van der Waals surface area contributed by atoms with Gasteiger partial charge in [0.25, 0.3) is 0 Å². The Labute approximate surface area is 84.5 Å². The minimum atomic E-state index is -1.12. The highest BCUT2D eigenvalue weighted by Gasteiger charge is 2.46. The van der Waals surface area contributed by atoms with Gasteiger partial charge in [0.2, 0.25) is 0 Å². The van der Waals surface area contributed by atoms with E-state index in [1.54, 1.807) is 6.92 Å². The summed E-state index contributed by atoms with van der Waals surface area (Å²) in [5.74, 6) is 0. The largest absolute Gasteiger partial charge is 0.388 e. The van der Waals surface area contributed by atoms with Gasteiger partial charge in [-0.15, -0.1) is 0 Å².